The van der Waals surface area contributed by atoms with Crippen molar-refractivity contribution in [2.75, 3.05) is 13.1 Å². The molecule has 10 heteroatoms. The molecule has 0 rings (SSSR count). The van der Waals surface area contributed by atoms with E-state index in [1.54, 1.807) is 12.2 Å². The van der Waals surface area contributed by atoms with Gasteiger partial charge in [0.25, 0.3) is 0 Å². The number of likely N-dealkylation sites (N-methyl/N-ethyl adjacent to an activating group) is 1. The second-order valence-electron chi connectivity index (χ2n) is 4.99. The molecule has 4 N–H and O–H groups in total. The number of nitrogens with one attached hydrogen (secondary N) is 1. The minimum atomic E-state index is -4.92. The van der Waals surface area contributed by atoms with Crippen LogP contribution in [0.2, 0.25) is 0 Å². The van der Waals surface area contributed by atoms with Gasteiger partial charge in [0.2, 0.25) is 5.91 Å². The van der Waals surface area contributed by atoms with Crippen molar-refractivity contribution in [1.82, 2.24) is 10.2 Å². The van der Waals surface area contributed by atoms with Crippen molar-refractivity contribution >= 4 is 17.8 Å². The number of alkyl halides is 3. The van der Waals surface area contributed by atoms with E-state index in [4.69, 9.17) is 10.8 Å². The molecule has 0 saturated carbocycles. The lowest BCUT2D eigenvalue weighted by Gasteiger charge is -2.27. The molecule has 0 aromatic heterocycles. The van der Waals surface area contributed by atoms with Gasteiger partial charge in [-0.1, -0.05) is 0 Å². The van der Waals surface area contributed by atoms with Gasteiger partial charge in [-0.3, -0.25) is 9.59 Å². The first-order valence-corrected chi connectivity index (χ1v) is 7.16. The SMILES string of the molecule is CCN(C(=O)C(N)CCCCNC(=O)C(F)(F)F)C(C)C(=O)O. The minimum Gasteiger partial charge on any atom is -0.480 e. The molecule has 0 saturated heterocycles. The Kier molecular flexibility index (Phi) is 8.59. The van der Waals surface area contributed by atoms with E-state index in [9.17, 15) is 27.6 Å². The number of carboxylic acids is 1. The monoisotopic (exact) mass is 341 g/mol. The summed E-state index contributed by atoms with van der Waals surface area (Å²) in [6.45, 7) is 2.99. The number of hydrogen-bond acceptors (Lipinski definition) is 4. The number of carboxylic acid groups (broad SMARTS) is 1. The van der Waals surface area contributed by atoms with E-state index in [1.807, 2.05) is 0 Å². The molecule has 7 nitrogen and oxygen atoms in total. The summed E-state index contributed by atoms with van der Waals surface area (Å²) in [6, 6.07) is -1.94. The summed E-state index contributed by atoms with van der Waals surface area (Å²) < 4.78 is 35.8. The lowest BCUT2D eigenvalue weighted by Crippen LogP contribution is -2.50. The molecule has 2 unspecified atom stereocenters. The van der Waals surface area contributed by atoms with Crippen molar-refractivity contribution in [3.8, 4) is 0 Å². The Hall–Kier alpha value is -1.84. The molecule has 0 aromatic rings. The summed E-state index contributed by atoms with van der Waals surface area (Å²) >= 11 is 0. The lowest BCUT2D eigenvalue weighted by molar-refractivity contribution is -0.173. The lowest BCUT2D eigenvalue weighted by atomic mass is 10.1. The van der Waals surface area contributed by atoms with Crippen molar-refractivity contribution < 1.29 is 32.7 Å². The van der Waals surface area contributed by atoms with Gasteiger partial charge in [-0.15, -0.1) is 0 Å². The maximum Gasteiger partial charge on any atom is 0.471 e. The number of rotatable bonds is 9. The fourth-order valence-corrected chi connectivity index (χ4v) is 1.88. The van der Waals surface area contributed by atoms with Gasteiger partial charge in [0, 0.05) is 13.1 Å². The summed E-state index contributed by atoms with van der Waals surface area (Å²) in [5, 5.41) is 10.6. The number of halogens is 3. The highest BCUT2D eigenvalue weighted by Crippen LogP contribution is 2.14. The van der Waals surface area contributed by atoms with Crippen molar-refractivity contribution in [2.24, 2.45) is 5.73 Å². The van der Waals surface area contributed by atoms with Crippen LogP contribution < -0.4 is 11.1 Å². The zero-order valence-electron chi connectivity index (χ0n) is 13.0. The number of hydrogen-bond donors (Lipinski definition) is 3. The van der Waals surface area contributed by atoms with Crippen LogP contribution in [0.3, 0.4) is 0 Å². The average molecular weight is 341 g/mol. The van der Waals surface area contributed by atoms with Crippen molar-refractivity contribution in [3.05, 3.63) is 0 Å². The Labute approximate surface area is 132 Å². The molecule has 0 spiro atoms. The topological polar surface area (TPSA) is 113 Å². The van der Waals surface area contributed by atoms with Gasteiger partial charge >= 0.3 is 18.1 Å². The fraction of sp³-hybridized carbons (Fsp3) is 0.769. The maximum absolute atomic E-state index is 12.0. The number of amides is 2. The van der Waals surface area contributed by atoms with Gasteiger partial charge in [-0.05, 0) is 33.1 Å². The molecular weight excluding hydrogens is 319 g/mol. The van der Waals surface area contributed by atoms with Crippen LogP contribution in [0.4, 0.5) is 13.2 Å². The van der Waals surface area contributed by atoms with Gasteiger partial charge < -0.3 is 21.1 Å². The number of aliphatic carboxylic acids is 1. The Morgan fingerprint density at radius 3 is 2.26 bits per heavy atom. The van der Waals surface area contributed by atoms with E-state index in [0.717, 1.165) is 4.90 Å². The van der Waals surface area contributed by atoms with E-state index in [2.05, 4.69) is 0 Å². The highest BCUT2D eigenvalue weighted by Gasteiger charge is 2.38. The van der Waals surface area contributed by atoms with Crippen LogP contribution in [0.25, 0.3) is 0 Å². The molecular formula is C13H22F3N3O4. The molecule has 2 atom stereocenters. The van der Waals surface area contributed by atoms with Crippen LogP contribution in [-0.4, -0.2) is 59.1 Å². The Balaban J connectivity index is 4.19. The summed E-state index contributed by atoms with van der Waals surface area (Å²) in [6.07, 6.45) is -4.18. The third kappa shape index (κ3) is 7.31. The van der Waals surface area contributed by atoms with E-state index >= 15 is 0 Å². The minimum absolute atomic E-state index is 0.178. The van der Waals surface area contributed by atoms with Crippen molar-refractivity contribution in [1.29, 1.82) is 0 Å². The number of unbranched alkanes of at least 4 members (excludes halogenated alkanes) is 1. The van der Waals surface area contributed by atoms with Gasteiger partial charge in [-0.25, -0.2) is 4.79 Å². The Morgan fingerprint density at radius 1 is 1.26 bits per heavy atom. The van der Waals surface area contributed by atoms with Crippen LogP contribution in [0.5, 0.6) is 0 Å². The highest BCUT2D eigenvalue weighted by molar-refractivity contribution is 5.86. The van der Waals surface area contributed by atoms with E-state index in [-0.39, 0.29) is 25.9 Å². The first kappa shape index (κ1) is 21.2. The molecule has 2 amide bonds. The van der Waals surface area contributed by atoms with Crippen LogP contribution in [0.15, 0.2) is 0 Å². The van der Waals surface area contributed by atoms with Gasteiger partial charge in [0.1, 0.15) is 6.04 Å². The molecule has 23 heavy (non-hydrogen) atoms. The van der Waals surface area contributed by atoms with Crippen molar-refractivity contribution in [2.45, 2.75) is 51.4 Å². The molecule has 0 aliphatic heterocycles. The van der Waals surface area contributed by atoms with Gasteiger partial charge in [0.15, 0.2) is 0 Å². The van der Waals surface area contributed by atoms with E-state index in [0.29, 0.717) is 6.42 Å². The Morgan fingerprint density at radius 2 is 1.83 bits per heavy atom. The van der Waals surface area contributed by atoms with Crippen molar-refractivity contribution in [3.63, 3.8) is 0 Å². The predicted octanol–water partition coefficient (Wildman–Crippen LogP) is 0.484. The quantitative estimate of drug-likeness (QED) is 0.528. The highest BCUT2D eigenvalue weighted by atomic mass is 19.4. The second kappa shape index (κ2) is 9.33. The molecule has 0 heterocycles. The molecule has 0 fully saturated rings. The first-order chi connectivity index (χ1) is 10.5. The Bertz CT molecular complexity index is 429. The number of nitrogens with zero attached hydrogens (tertiary/aromatic N) is 1. The van der Waals surface area contributed by atoms with E-state index in [1.165, 1.54) is 6.92 Å². The van der Waals surface area contributed by atoms with Crippen LogP contribution in [-0.2, 0) is 14.4 Å². The summed E-state index contributed by atoms with van der Waals surface area (Å²) in [5.74, 6) is -3.69. The normalized spacial score (nSPS) is 14.0. The first-order valence-electron chi connectivity index (χ1n) is 7.16. The molecule has 0 bridgehead atoms. The fourth-order valence-electron chi connectivity index (χ4n) is 1.88. The largest absolute Gasteiger partial charge is 0.480 e. The number of nitrogens with two attached hydrogens (primary N) is 1. The zero-order valence-corrected chi connectivity index (χ0v) is 13.0. The number of carbonyl (C=O) groups is 3. The third-order valence-electron chi connectivity index (χ3n) is 3.25. The summed E-state index contributed by atoms with van der Waals surface area (Å²) in [5.41, 5.74) is 5.69. The summed E-state index contributed by atoms with van der Waals surface area (Å²) in [7, 11) is 0. The standard InChI is InChI=1S/C13H22F3N3O4/c1-3-19(8(2)11(21)22)10(20)9(17)6-4-5-7-18-12(23)13(14,15)16/h8-9H,3-7,17H2,1-2H3,(H,18,23)(H,21,22). The molecule has 0 aliphatic carbocycles. The molecule has 0 radical (unpaired) electrons. The molecule has 134 valence electrons. The van der Waals surface area contributed by atoms with Crippen LogP contribution in [0.1, 0.15) is 33.1 Å². The van der Waals surface area contributed by atoms with E-state index < -0.39 is 36.0 Å². The van der Waals surface area contributed by atoms with Crippen LogP contribution >= 0.6 is 0 Å². The average Bonchev–Trinajstić information content (AvgIpc) is 2.45. The van der Waals surface area contributed by atoms with Crippen LogP contribution in [0, 0.1) is 0 Å². The maximum atomic E-state index is 12.0. The molecule has 0 aromatic carbocycles. The summed E-state index contributed by atoms with van der Waals surface area (Å²) in [4.78, 5) is 34.6. The second-order valence-corrected chi connectivity index (χ2v) is 4.99. The third-order valence-corrected chi connectivity index (χ3v) is 3.25. The predicted molar refractivity (Wildman–Crippen MR) is 75.4 cm³/mol. The zero-order chi connectivity index (χ0) is 18.2. The van der Waals surface area contributed by atoms with Gasteiger partial charge in [0.05, 0.1) is 6.04 Å². The molecule has 0 aliphatic rings. The number of carbonyl (C=O) groups excluding carboxylic acids is 2. The van der Waals surface area contributed by atoms with Gasteiger partial charge in [-0.2, -0.15) is 13.2 Å². The smallest absolute Gasteiger partial charge is 0.471 e.